The normalized spacial score (nSPS) is 11.7. The molecular formula is C17H35N. The van der Waals surface area contributed by atoms with Crippen LogP contribution in [0.2, 0.25) is 0 Å². The van der Waals surface area contributed by atoms with Gasteiger partial charge in [0.25, 0.3) is 0 Å². The largest absolute Gasteiger partial charge is 0.403 e. The average molecular weight is 253 g/mol. The molecule has 0 unspecified atom stereocenters. The zero-order chi connectivity index (χ0) is 13.9. The number of unbranched alkanes of at least 4 members (excludes halogenated alkanes) is 8. The molecule has 0 fully saturated rings. The molecule has 1 heteroatoms. The lowest BCUT2D eigenvalue weighted by Crippen LogP contribution is -2.03. The molecule has 0 saturated heterocycles. The molecule has 2 N–H and O–H groups in total. The summed E-state index contributed by atoms with van der Waals surface area (Å²) in [6.07, 6.45) is 14.8. The summed E-state index contributed by atoms with van der Waals surface area (Å²) in [5.74, 6) is 0. The van der Waals surface area contributed by atoms with Crippen molar-refractivity contribution in [2.75, 3.05) is 0 Å². The van der Waals surface area contributed by atoms with Crippen molar-refractivity contribution in [3.63, 3.8) is 0 Å². The lowest BCUT2D eigenvalue weighted by molar-refractivity contribution is 0.356. The van der Waals surface area contributed by atoms with Crippen LogP contribution < -0.4 is 5.73 Å². The Morgan fingerprint density at radius 1 is 0.778 bits per heavy atom. The summed E-state index contributed by atoms with van der Waals surface area (Å²) in [4.78, 5) is 0. The van der Waals surface area contributed by atoms with Crippen LogP contribution in [0.5, 0.6) is 0 Å². The predicted molar refractivity (Wildman–Crippen MR) is 83.6 cm³/mol. The highest BCUT2D eigenvalue weighted by atomic mass is 14.5. The van der Waals surface area contributed by atoms with Crippen molar-refractivity contribution < 1.29 is 0 Å². The number of hydrogen-bond acceptors (Lipinski definition) is 1. The minimum absolute atomic E-state index is 0.521. The fourth-order valence-corrected chi connectivity index (χ4v) is 2.24. The monoisotopic (exact) mass is 253 g/mol. The van der Waals surface area contributed by atoms with E-state index in [0.717, 1.165) is 12.1 Å². The van der Waals surface area contributed by atoms with Gasteiger partial charge in [-0.3, -0.25) is 0 Å². The van der Waals surface area contributed by atoms with Gasteiger partial charge in [0.05, 0.1) is 0 Å². The maximum absolute atomic E-state index is 5.54. The van der Waals surface area contributed by atoms with Crippen LogP contribution in [0.4, 0.5) is 0 Å². The Morgan fingerprint density at radius 2 is 1.17 bits per heavy atom. The molecular weight excluding hydrogens is 218 g/mol. The summed E-state index contributed by atoms with van der Waals surface area (Å²) in [5, 5.41) is 0. The van der Waals surface area contributed by atoms with Crippen molar-refractivity contribution in [3.05, 3.63) is 12.3 Å². The summed E-state index contributed by atoms with van der Waals surface area (Å²) < 4.78 is 0. The van der Waals surface area contributed by atoms with E-state index in [0.29, 0.717) is 5.41 Å². The smallest absolute Gasteiger partial charge is 0.000744 e. The van der Waals surface area contributed by atoms with E-state index in [4.69, 9.17) is 5.73 Å². The van der Waals surface area contributed by atoms with Gasteiger partial charge < -0.3 is 5.73 Å². The van der Waals surface area contributed by atoms with E-state index in [1.807, 2.05) is 0 Å². The van der Waals surface area contributed by atoms with Crippen molar-refractivity contribution in [1.29, 1.82) is 0 Å². The summed E-state index contributed by atoms with van der Waals surface area (Å²) in [6.45, 7) is 10.7. The molecule has 0 bridgehead atoms. The van der Waals surface area contributed by atoms with Crippen LogP contribution in [-0.2, 0) is 0 Å². The highest BCUT2D eigenvalue weighted by molar-refractivity contribution is 4.84. The van der Waals surface area contributed by atoms with Gasteiger partial charge in [-0.2, -0.15) is 0 Å². The molecule has 0 aliphatic carbocycles. The third kappa shape index (κ3) is 15.5. The average Bonchev–Trinajstić information content (AvgIpc) is 2.24. The van der Waals surface area contributed by atoms with Crippen molar-refractivity contribution in [3.8, 4) is 0 Å². The van der Waals surface area contributed by atoms with Crippen LogP contribution >= 0.6 is 0 Å². The Balaban J connectivity index is 3.06. The lowest BCUT2D eigenvalue weighted by Gasteiger charge is -2.17. The number of hydrogen-bond donors (Lipinski definition) is 1. The van der Waals surface area contributed by atoms with Crippen molar-refractivity contribution in [2.45, 2.75) is 91.4 Å². The first-order valence-corrected chi connectivity index (χ1v) is 7.85. The SMILES string of the molecule is C=C(N)CCCCCCCCCCCC(C)(C)C. The maximum Gasteiger partial charge on any atom is 0.000744 e. The molecule has 1 nitrogen and oxygen atoms in total. The summed E-state index contributed by atoms with van der Waals surface area (Å²) in [5.41, 5.74) is 6.90. The van der Waals surface area contributed by atoms with Crippen LogP contribution in [0.3, 0.4) is 0 Å². The van der Waals surface area contributed by atoms with Gasteiger partial charge in [-0.15, -0.1) is 0 Å². The Hall–Kier alpha value is -0.460. The topological polar surface area (TPSA) is 26.0 Å². The van der Waals surface area contributed by atoms with E-state index < -0.39 is 0 Å². The molecule has 0 aromatic heterocycles. The van der Waals surface area contributed by atoms with Crippen LogP contribution in [0.25, 0.3) is 0 Å². The van der Waals surface area contributed by atoms with Crippen molar-refractivity contribution in [2.24, 2.45) is 11.1 Å². The minimum atomic E-state index is 0.521. The first-order valence-electron chi connectivity index (χ1n) is 7.85. The van der Waals surface area contributed by atoms with Gasteiger partial charge in [0.1, 0.15) is 0 Å². The number of rotatable bonds is 11. The van der Waals surface area contributed by atoms with Gasteiger partial charge >= 0.3 is 0 Å². The second-order valence-electron chi connectivity index (χ2n) is 6.90. The van der Waals surface area contributed by atoms with Crippen LogP contribution in [-0.4, -0.2) is 0 Å². The fourth-order valence-electron chi connectivity index (χ4n) is 2.24. The first kappa shape index (κ1) is 17.5. The zero-order valence-electron chi connectivity index (χ0n) is 13.1. The van der Waals surface area contributed by atoms with Gasteiger partial charge in [0.15, 0.2) is 0 Å². The third-order valence-corrected chi connectivity index (χ3v) is 3.42. The molecule has 0 radical (unpaired) electrons. The highest BCUT2D eigenvalue weighted by Gasteiger charge is 2.08. The van der Waals surface area contributed by atoms with Gasteiger partial charge in [-0.25, -0.2) is 0 Å². The lowest BCUT2D eigenvalue weighted by atomic mass is 9.89. The third-order valence-electron chi connectivity index (χ3n) is 3.42. The fraction of sp³-hybridized carbons (Fsp3) is 0.882. The molecule has 0 saturated carbocycles. The molecule has 0 aromatic rings. The Kier molecular flexibility index (Phi) is 10.2. The van der Waals surface area contributed by atoms with Crippen molar-refractivity contribution >= 4 is 0 Å². The van der Waals surface area contributed by atoms with E-state index in [1.165, 1.54) is 64.2 Å². The molecule has 0 amide bonds. The highest BCUT2D eigenvalue weighted by Crippen LogP contribution is 2.22. The maximum atomic E-state index is 5.54. The van der Waals surface area contributed by atoms with Gasteiger partial charge in [-0.05, 0) is 24.7 Å². The molecule has 18 heavy (non-hydrogen) atoms. The molecule has 0 aromatic carbocycles. The van der Waals surface area contributed by atoms with Crippen LogP contribution in [0.1, 0.15) is 91.4 Å². The van der Waals surface area contributed by atoms with E-state index in [-0.39, 0.29) is 0 Å². The summed E-state index contributed by atoms with van der Waals surface area (Å²) >= 11 is 0. The van der Waals surface area contributed by atoms with Crippen molar-refractivity contribution in [1.82, 2.24) is 0 Å². The van der Waals surface area contributed by atoms with E-state index in [9.17, 15) is 0 Å². The second kappa shape index (κ2) is 10.5. The molecule has 0 atom stereocenters. The van der Waals surface area contributed by atoms with Gasteiger partial charge in [-0.1, -0.05) is 78.7 Å². The molecule has 0 rings (SSSR count). The second-order valence-corrected chi connectivity index (χ2v) is 6.90. The quantitative estimate of drug-likeness (QED) is 0.463. The van der Waals surface area contributed by atoms with E-state index in [1.54, 1.807) is 0 Å². The zero-order valence-corrected chi connectivity index (χ0v) is 13.1. The Labute approximate surface area is 115 Å². The van der Waals surface area contributed by atoms with E-state index in [2.05, 4.69) is 27.4 Å². The standard InChI is InChI=1S/C17H35N/c1-16(18)14-12-10-8-6-5-7-9-11-13-15-17(2,3)4/h1,5-15,18H2,2-4H3. The van der Waals surface area contributed by atoms with Crippen LogP contribution in [0, 0.1) is 5.41 Å². The summed E-state index contributed by atoms with van der Waals surface area (Å²) in [6, 6.07) is 0. The molecule has 0 aliphatic heterocycles. The number of allylic oxidation sites excluding steroid dienone is 1. The van der Waals surface area contributed by atoms with Gasteiger partial charge in [0, 0.05) is 5.70 Å². The summed E-state index contributed by atoms with van der Waals surface area (Å²) in [7, 11) is 0. The van der Waals surface area contributed by atoms with E-state index >= 15 is 0 Å². The first-order chi connectivity index (χ1) is 8.42. The van der Waals surface area contributed by atoms with Crippen LogP contribution in [0.15, 0.2) is 12.3 Å². The van der Waals surface area contributed by atoms with Gasteiger partial charge in [0.2, 0.25) is 0 Å². The minimum Gasteiger partial charge on any atom is -0.403 e. The molecule has 108 valence electrons. The molecule has 0 spiro atoms. The Bertz CT molecular complexity index is 200. The number of nitrogens with two attached hydrogens (primary N) is 1. The Morgan fingerprint density at radius 3 is 1.56 bits per heavy atom. The molecule has 0 heterocycles. The predicted octanol–water partition coefficient (Wildman–Crippen LogP) is 5.80. The molecule has 0 aliphatic rings.